The van der Waals surface area contributed by atoms with Crippen molar-refractivity contribution in [2.75, 3.05) is 38.3 Å². The zero-order valence-electron chi connectivity index (χ0n) is 12.3. The second-order valence-corrected chi connectivity index (χ2v) is 4.11. The zero-order valence-corrected chi connectivity index (χ0v) is 12.3. The van der Waals surface area contributed by atoms with E-state index in [-0.39, 0.29) is 17.3 Å². The van der Waals surface area contributed by atoms with E-state index in [2.05, 4.69) is 10.6 Å². The maximum Gasteiger partial charge on any atom is 0.253 e. The van der Waals surface area contributed by atoms with Crippen LogP contribution in [0.5, 0.6) is 0 Å². The first-order valence-electron chi connectivity index (χ1n) is 6.43. The van der Waals surface area contributed by atoms with Gasteiger partial charge in [0.15, 0.2) is 0 Å². The number of nitrogens with one attached hydrogen (secondary N) is 2. The highest BCUT2D eigenvalue weighted by molar-refractivity contribution is 5.95. The number of hydrogen-bond acceptors (Lipinski definition) is 5. The zero-order chi connectivity index (χ0) is 15.0. The molecule has 0 aliphatic rings. The van der Waals surface area contributed by atoms with Gasteiger partial charge in [-0.05, 0) is 27.1 Å². The molecule has 0 aromatic heterocycles. The van der Waals surface area contributed by atoms with Crippen molar-refractivity contribution in [3.05, 3.63) is 20.4 Å². The van der Waals surface area contributed by atoms with Crippen LogP contribution in [0.15, 0.2) is 9.59 Å². The summed E-state index contributed by atoms with van der Waals surface area (Å²) in [4.78, 5) is 35.7. The van der Waals surface area contributed by atoms with Gasteiger partial charge in [0.05, 0.1) is 0 Å². The van der Waals surface area contributed by atoms with Gasteiger partial charge in [-0.25, -0.2) is 0 Å². The molecule has 19 heavy (non-hydrogen) atoms. The Hall–Kier alpha value is -1.69. The Kier molecular flexibility index (Phi) is 7.67. The number of amides is 1. The molecule has 0 radical (unpaired) electrons. The first kappa shape index (κ1) is 17.3. The minimum Gasteiger partial charge on any atom is -0.383 e. The molecule has 0 aliphatic carbocycles. The fourth-order valence-electron chi connectivity index (χ4n) is 1.51. The lowest BCUT2D eigenvalue weighted by atomic mass is 10.2. The quantitative estimate of drug-likeness (QED) is 0.741. The third kappa shape index (κ3) is 4.82. The van der Waals surface area contributed by atoms with Crippen LogP contribution in [-0.2, 0) is 4.79 Å². The molecule has 0 fully saturated rings. The predicted octanol–water partition coefficient (Wildman–Crippen LogP) is 0.631. The highest BCUT2D eigenvalue weighted by atomic mass is 16.2. The molecule has 1 aromatic rings. The van der Waals surface area contributed by atoms with Gasteiger partial charge in [-0.3, -0.25) is 14.4 Å². The Morgan fingerprint density at radius 2 is 1.63 bits per heavy atom. The fraction of sp³-hybridized carbons (Fsp3) is 0.615. The molecule has 0 saturated heterocycles. The summed E-state index contributed by atoms with van der Waals surface area (Å²) in [6.07, 6.45) is 1.04. The molecule has 6 heteroatoms. The second-order valence-electron chi connectivity index (χ2n) is 4.11. The van der Waals surface area contributed by atoms with Crippen LogP contribution >= 0.6 is 0 Å². The maximum absolute atomic E-state index is 11.5. The molecule has 2 N–H and O–H groups in total. The van der Waals surface area contributed by atoms with Crippen LogP contribution in [0, 0.1) is 0 Å². The van der Waals surface area contributed by atoms with E-state index in [1.165, 1.54) is 7.05 Å². The Bertz CT molecular complexity index is 473. The summed E-state index contributed by atoms with van der Waals surface area (Å²) < 4.78 is 0. The van der Waals surface area contributed by atoms with Gasteiger partial charge in [0.1, 0.15) is 11.4 Å². The Labute approximate surface area is 113 Å². The van der Waals surface area contributed by atoms with Gasteiger partial charge in [-0.1, -0.05) is 13.8 Å². The van der Waals surface area contributed by atoms with Crippen LogP contribution in [0.3, 0.4) is 0 Å². The van der Waals surface area contributed by atoms with Gasteiger partial charge in [0.2, 0.25) is 5.91 Å². The van der Waals surface area contributed by atoms with Gasteiger partial charge in [0, 0.05) is 13.5 Å². The topological polar surface area (TPSA) is 78.5 Å². The van der Waals surface area contributed by atoms with Crippen LogP contribution in [0.4, 0.5) is 11.4 Å². The van der Waals surface area contributed by atoms with E-state index in [1.54, 1.807) is 0 Å². The molecule has 0 atom stereocenters. The molecule has 0 bridgehead atoms. The largest absolute Gasteiger partial charge is 0.383 e. The molecule has 0 unspecified atom stereocenters. The van der Waals surface area contributed by atoms with Crippen molar-refractivity contribution in [3.8, 4) is 0 Å². The molecule has 6 nitrogen and oxygen atoms in total. The summed E-state index contributed by atoms with van der Waals surface area (Å²) in [5, 5.41) is 5.06. The first-order chi connectivity index (χ1) is 8.97. The van der Waals surface area contributed by atoms with E-state index in [1.807, 2.05) is 32.8 Å². The van der Waals surface area contributed by atoms with E-state index in [9.17, 15) is 14.4 Å². The lowest BCUT2D eigenvalue weighted by Gasteiger charge is -2.12. The number of nitrogens with zero attached hydrogens (tertiary/aromatic N) is 1. The van der Waals surface area contributed by atoms with Crippen molar-refractivity contribution in [1.82, 2.24) is 4.90 Å². The van der Waals surface area contributed by atoms with Gasteiger partial charge in [-0.15, -0.1) is 0 Å². The monoisotopic (exact) mass is 269 g/mol. The molecule has 0 heterocycles. The summed E-state index contributed by atoms with van der Waals surface area (Å²) in [7, 11) is 5.39. The van der Waals surface area contributed by atoms with Crippen molar-refractivity contribution in [2.45, 2.75) is 26.7 Å². The van der Waals surface area contributed by atoms with E-state index in [0.717, 1.165) is 6.54 Å². The summed E-state index contributed by atoms with van der Waals surface area (Å²) in [5.74, 6) is -0.240. The Morgan fingerprint density at radius 3 is 2.11 bits per heavy atom. The van der Waals surface area contributed by atoms with Crippen molar-refractivity contribution >= 4 is 17.3 Å². The van der Waals surface area contributed by atoms with Crippen LogP contribution in [0.2, 0.25) is 0 Å². The Balaban J connectivity index is 0.00000154. The van der Waals surface area contributed by atoms with Crippen LogP contribution in [0.1, 0.15) is 26.7 Å². The minimum atomic E-state index is -0.629. The van der Waals surface area contributed by atoms with E-state index in [0.29, 0.717) is 12.8 Å². The SMILES string of the molecule is CC.CNc1c(NC(=O)CCCN(C)C)c(=O)c1=O. The molecule has 0 spiro atoms. The number of carbonyl (C=O) groups is 1. The van der Waals surface area contributed by atoms with Crippen LogP contribution in [0.25, 0.3) is 0 Å². The fourth-order valence-corrected chi connectivity index (χ4v) is 1.51. The number of hydrogen-bond donors (Lipinski definition) is 2. The van der Waals surface area contributed by atoms with Gasteiger partial charge in [-0.2, -0.15) is 0 Å². The summed E-state index contributed by atoms with van der Waals surface area (Å²) in [6, 6.07) is 0. The van der Waals surface area contributed by atoms with E-state index < -0.39 is 10.9 Å². The molecule has 1 amide bonds. The highest BCUT2D eigenvalue weighted by Crippen LogP contribution is 2.13. The molecule has 0 saturated carbocycles. The van der Waals surface area contributed by atoms with Crippen LogP contribution < -0.4 is 21.5 Å². The average Bonchev–Trinajstić information content (AvgIpc) is 2.39. The molecule has 1 rings (SSSR count). The first-order valence-corrected chi connectivity index (χ1v) is 6.43. The number of rotatable bonds is 6. The summed E-state index contributed by atoms with van der Waals surface area (Å²) in [5.41, 5.74) is -0.922. The lowest BCUT2D eigenvalue weighted by Crippen LogP contribution is -2.38. The van der Waals surface area contributed by atoms with E-state index >= 15 is 0 Å². The van der Waals surface area contributed by atoms with Gasteiger partial charge >= 0.3 is 0 Å². The third-order valence-corrected chi connectivity index (χ3v) is 2.43. The Morgan fingerprint density at radius 1 is 1.11 bits per heavy atom. The standard InChI is InChI=1S/C11H17N3O3.C2H6/c1-12-8-9(11(17)10(8)16)13-7(15)5-4-6-14(2)3;1-2/h12H,4-6H2,1-3H3,(H,13,15);1-2H3. The van der Waals surface area contributed by atoms with Crippen molar-refractivity contribution < 1.29 is 4.79 Å². The molecular weight excluding hydrogens is 246 g/mol. The second kappa shape index (κ2) is 8.42. The maximum atomic E-state index is 11.5. The summed E-state index contributed by atoms with van der Waals surface area (Å²) in [6.45, 7) is 4.80. The number of anilines is 2. The van der Waals surface area contributed by atoms with Gasteiger partial charge < -0.3 is 15.5 Å². The lowest BCUT2D eigenvalue weighted by molar-refractivity contribution is -0.116. The molecule has 108 valence electrons. The van der Waals surface area contributed by atoms with Crippen molar-refractivity contribution in [1.29, 1.82) is 0 Å². The van der Waals surface area contributed by atoms with Crippen molar-refractivity contribution in [2.24, 2.45) is 0 Å². The summed E-state index contributed by atoms with van der Waals surface area (Å²) >= 11 is 0. The van der Waals surface area contributed by atoms with Crippen LogP contribution in [-0.4, -0.2) is 38.5 Å². The predicted molar refractivity (Wildman–Crippen MR) is 78.7 cm³/mol. The normalized spacial score (nSPS) is 10.0. The van der Waals surface area contributed by atoms with Crippen molar-refractivity contribution in [3.63, 3.8) is 0 Å². The van der Waals surface area contributed by atoms with E-state index in [4.69, 9.17) is 0 Å². The molecule has 1 aromatic carbocycles. The minimum absolute atomic E-state index is 0.0901. The van der Waals surface area contributed by atoms with Gasteiger partial charge in [0.25, 0.3) is 10.9 Å². The molecule has 0 aliphatic heterocycles. The number of carbonyl (C=O) groups excluding carboxylic acids is 1. The molecular formula is C13H23N3O3. The highest BCUT2D eigenvalue weighted by Gasteiger charge is 2.21. The third-order valence-electron chi connectivity index (χ3n) is 2.43. The smallest absolute Gasteiger partial charge is 0.253 e. The average molecular weight is 269 g/mol.